The van der Waals surface area contributed by atoms with Crippen LogP contribution in [0.5, 0.6) is 5.75 Å². The summed E-state index contributed by atoms with van der Waals surface area (Å²) in [5.41, 5.74) is 1.01. The topological polar surface area (TPSA) is 52.4 Å². The molecule has 0 spiro atoms. The van der Waals surface area contributed by atoms with Crippen molar-refractivity contribution >= 4 is 5.69 Å². The van der Waals surface area contributed by atoms with E-state index in [9.17, 15) is 10.1 Å². The molecular weight excluding hydrogens is 206 g/mol. The molecule has 0 heterocycles. The predicted octanol–water partition coefficient (Wildman–Crippen LogP) is 3.51. The lowest BCUT2D eigenvalue weighted by molar-refractivity contribution is -0.385. The number of hydrogen-bond acceptors (Lipinski definition) is 3. The van der Waals surface area contributed by atoms with Gasteiger partial charge in [-0.1, -0.05) is 26.8 Å². The molecule has 0 N–H and O–H groups in total. The van der Waals surface area contributed by atoms with Gasteiger partial charge in [0.2, 0.25) is 0 Å². The van der Waals surface area contributed by atoms with E-state index in [0.717, 1.165) is 12.0 Å². The summed E-state index contributed by atoms with van der Waals surface area (Å²) in [4.78, 5) is 10.5. The average Bonchev–Trinajstić information content (AvgIpc) is 2.25. The van der Waals surface area contributed by atoms with Crippen molar-refractivity contribution in [2.45, 2.75) is 33.1 Å². The van der Waals surface area contributed by atoms with Crippen LogP contribution in [0.4, 0.5) is 5.69 Å². The number of hydrogen-bond donors (Lipinski definition) is 0. The Labute approximate surface area is 95.4 Å². The average molecular weight is 223 g/mol. The Bertz CT molecular complexity index is 375. The van der Waals surface area contributed by atoms with E-state index in [1.165, 1.54) is 0 Å². The molecule has 88 valence electrons. The molecule has 4 heteroatoms. The third kappa shape index (κ3) is 2.95. The third-order valence-electron chi connectivity index (χ3n) is 2.31. The first-order valence-corrected chi connectivity index (χ1v) is 5.47. The Morgan fingerprint density at radius 3 is 2.62 bits per heavy atom. The van der Waals surface area contributed by atoms with Gasteiger partial charge in [0.25, 0.3) is 0 Å². The van der Waals surface area contributed by atoms with Gasteiger partial charge >= 0.3 is 5.69 Å². The zero-order chi connectivity index (χ0) is 12.1. The predicted molar refractivity (Wildman–Crippen MR) is 63.0 cm³/mol. The molecule has 0 bridgehead atoms. The van der Waals surface area contributed by atoms with Gasteiger partial charge < -0.3 is 4.74 Å². The van der Waals surface area contributed by atoms with Crippen LogP contribution in [0.15, 0.2) is 18.2 Å². The molecule has 0 unspecified atom stereocenters. The van der Waals surface area contributed by atoms with E-state index in [1.54, 1.807) is 12.1 Å². The maximum Gasteiger partial charge on any atom is 0.311 e. The van der Waals surface area contributed by atoms with Crippen molar-refractivity contribution in [2.24, 2.45) is 0 Å². The van der Waals surface area contributed by atoms with Crippen molar-refractivity contribution in [3.8, 4) is 5.75 Å². The maximum absolute atomic E-state index is 10.9. The molecule has 0 aliphatic rings. The monoisotopic (exact) mass is 223 g/mol. The molecule has 0 saturated heterocycles. The van der Waals surface area contributed by atoms with E-state index >= 15 is 0 Å². The van der Waals surface area contributed by atoms with E-state index < -0.39 is 4.92 Å². The van der Waals surface area contributed by atoms with Crippen molar-refractivity contribution in [3.63, 3.8) is 0 Å². The van der Waals surface area contributed by atoms with Crippen LogP contribution in [-0.4, -0.2) is 11.5 Å². The Morgan fingerprint density at radius 1 is 1.44 bits per heavy atom. The quantitative estimate of drug-likeness (QED) is 0.567. The van der Waals surface area contributed by atoms with Gasteiger partial charge in [0.1, 0.15) is 0 Å². The van der Waals surface area contributed by atoms with Crippen LogP contribution in [-0.2, 0) is 0 Å². The van der Waals surface area contributed by atoms with Crippen molar-refractivity contribution in [1.29, 1.82) is 0 Å². The van der Waals surface area contributed by atoms with Crippen LogP contribution in [0.3, 0.4) is 0 Å². The summed E-state index contributed by atoms with van der Waals surface area (Å²) in [7, 11) is 0. The van der Waals surface area contributed by atoms with Crippen LogP contribution in [0.1, 0.15) is 38.7 Å². The number of rotatable bonds is 5. The van der Waals surface area contributed by atoms with Crippen LogP contribution in [0.25, 0.3) is 0 Å². The maximum atomic E-state index is 10.9. The highest BCUT2D eigenvalue weighted by molar-refractivity contribution is 5.49. The summed E-state index contributed by atoms with van der Waals surface area (Å²) in [6, 6.07) is 5.15. The van der Waals surface area contributed by atoms with Crippen molar-refractivity contribution in [3.05, 3.63) is 33.9 Å². The zero-order valence-corrected chi connectivity index (χ0v) is 9.90. The molecule has 0 atom stereocenters. The van der Waals surface area contributed by atoms with Gasteiger partial charge in [0.15, 0.2) is 5.75 Å². The van der Waals surface area contributed by atoms with E-state index in [-0.39, 0.29) is 11.6 Å². The summed E-state index contributed by atoms with van der Waals surface area (Å²) < 4.78 is 5.34. The number of benzene rings is 1. The first-order valence-electron chi connectivity index (χ1n) is 5.47. The summed E-state index contributed by atoms with van der Waals surface area (Å²) in [5, 5.41) is 10.9. The van der Waals surface area contributed by atoms with Gasteiger partial charge in [0.05, 0.1) is 11.5 Å². The molecule has 4 nitrogen and oxygen atoms in total. The first-order chi connectivity index (χ1) is 7.56. The Hall–Kier alpha value is -1.58. The highest BCUT2D eigenvalue weighted by Crippen LogP contribution is 2.30. The lowest BCUT2D eigenvalue weighted by Crippen LogP contribution is -2.00. The molecule has 1 rings (SSSR count). The molecule has 0 saturated carbocycles. The lowest BCUT2D eigenvalue weighted by atomic mass is 10.0. The fraction of sp³-hybridized carbons (Fsp3) is 0.500. The molecule has 0 radical (unpaired) electrons. The Morgan fingerprint density at radius 2 is 2.12 bits per heavy atom. The zero-order valence-electron chi connectivity index (χ0n) is 9.90. The fourth-order valence-electron chi connectivity index (χ4n) is 1.37. The minimum Gasteiger partial charge on any atom is -0.487 e. The number of nitro groups is 1. The smallest absolute Gasteiger partial charge is 0.311 e. The molecule has 16 heavy (non-hydrogen) atoms. The van der Waals surface area contributed by atoms with E-state index in [1.807, 2.05) is 26.8 Å². The van der Waals surface area contributed by atoms with Gasteiger partial charge in [-0.3, -0.25) is 10.1 Å². The van der Waals surface area contributed by atoms with Crippen LogP contribution in [0.2, 0.25) is 0 Å². The fourth-order valence-corrected chi connectivity index (χ4v) is 1.37. The summed E-state index contributed by atoms with van der Waals surface area (Å²) in [5.74, 6) is 0.634. The molecule has 0 aliphatic heterocycles. The van der Waals surface area contributed by atoms with Crippen LogP contribution in [0, 0.1) is 10.1 Å². The Kier molecular flexibility index (Phi) is 4.28. The third-order valence-corrected chi connectivity index (χ3v) is 2.31. The second-order valence-electron chi connectivity index (χ2n) is 3.99. The lowest BCUT2D eigenvalue weighted by Gasteiger charge is -2.09. The molecular formula is C12H17NO3. The summed E-state index contributed by atoms with van der Waals surface area (Å²) in [6.45, 7) is 6.48. The van der Waals surface area contributed by atoms with Crippen molar-refractivity contribution in [2.75, 3.05) is 6.61 Å². The molecule has 0 amide bonds. The molecule has 0 fully saturated rings. The van der Waals surface area contributed by atoms with E-state index in [0.29, 0.717) is 12.4 Å². The highest BCUT2D eigenvalue weighted by atomic mass is 16.6. The van der Waals surface area contributed by atoms with Gasteiger partial charge in [-0.05, 0) is 24.0 Å². The normalized spacial score (nSPS) is 10.5. The Balaban J connectivity index is 3.04. The molecule has 0 aliphatic carbocycles. The largest absolute Gasteiger partial charge is 0.487 e. The number of nitrogens with zero attached hydrogens (tertiary/aromatic N) is 1. The second kappa shape index (κ2) is 5.49. The van der Waals surface area contributed by atoms with Gasteiger partial charge in [-0.2, -0.15) is 0 Å². The van der Waals surface area contributed by atoms with Crippen molar-refractivity contribution in [1.82, 2.24) is 0 Å². The standard InChI is InChI=1S/C12H17NO3/c1-4-7-16-12-6-5-10(9(2)3)8-11(12)13(14)15/h5-6,8-9H,4,7H2,1-3H3. The van der Waals surface area contributed by atoms with Gasteiger partial charge in [-0.25, -0.2) is 0 Å². The van der Waals surface area contributed by atoms with Crippen molar-refractivity contribution < 1.29 is 9.66 Å². The van der Waals surface area contributed by atoms with Crippen LogP contribution >= 0.6 is 0 Å². The van der Waals surface area contributed by atoms with E-state index in [2.05, 4.69) is 0 Å². The minimum atomic E-state index is -0.392. The summed E-state index contributed by atoms with van der Waals surface area (Å²) in [6.07, 6.45) is 0.836. The first kappa shape index (κ1) is 12.5. The molecule has 0 aromatic heterocycles. The number of ether oxygens (including phenoxy) is 1. The summed E-state index contributed by atoms with van der Waals surface area (Å²) >= 11 is 0. The number of nitro benzene ring substituents is 1. The van der Waals surface area contributed by atoms with E-state index in [4.69, 9.17) is 4.74 Å². The molecule has 1 aromatic carbocycles. The molecule has 1 aromatic rings. The second-order valence-corrected chi connectivity index (χ2v) is 3.99. The highest BCUT2D eigenvalue weighted by Gasteiger charge is 2.16. The van der Waals surface area contributed by atoms with Gasteiger partial charge in [-0.15, -0.1) is 0 Å². The minimum absolute atomic E-state index is 0.0552. The van der Waals surface area contributed by atoms with Gasteiger partial charge in [0, 0.05) is 6.07 Å². The van der Waals surface area contributed by atoms with Crippen LogP contribution < -0.4 is 4.74 Å². The SMILES string of the molecule is CCCOc1ccc(C(C)C)cc1[N+](=O)[O-].